The van der Waals surface area contributed by atoms with Gasteiger partial charge in [0.05, 0.1) is 7.11 Å². The van der Waals surface area contributed by atoms with Crippen molar-refractivity contribution >= 4 is 0 Å². The molecule has 0 amide bonds. The second-order valence-corrected chi connectivity index (χ2v) is 6.45. The van der Waals surface area contributed by atoms with Gasteiger partial charge in [0.2, 0.25) is 5.88 Å². The van der Waals surface area contributed by atoms with Crippen LogP contribution in [-0.2, 0) is 6.54 Å². The van der Waals surface area contributed by atoms with E-state index >= 15 is 0 Å². The molecule has 1 saturated carbocycles. The van der Waals surface area contributed by atoms with Crippen LogP contribution in [-0.4, -0.2) is 18.1 Å². The van der Waals surface area contributed by atoms with Crippen molar-refractivity contribution in [3.05, 3.63) is 23.9 Å². The Hall–Kier alpha value is -1.09. The summed E-state index contributed by atoms with van der Waals surface area (Å²) in [6, 6.07) is 4.70. The highest BCUT2D eigenvalue weighted by molar-refractivity contribution is 5.17. The van der Waals surface area contributed by atoms with Crippen LogP contribution in [0.15, 0.2) is 18.3 Å². The Kier molecular flexibility index (Phi) is 5.84. The molecule has 2 unspecified atom stereocenters. The quantitative estimate of drug-likeness (QED) is 0.858. The lowest BCUT2D eigenvalue weighted by molar-refractivity contribution is 0.252. The van der Waals surface area contributed by atoms with E-state index in [2.05, 4.69) is 30.2 Å². The molecule has 0 aliphatic heterocycles. The van der Waals surface area contributed by atoms with Crippen molar-refractivity contribution in [3.63, 3.8) is 0 Å². The second kappa shape index (κ2) is 7.63. The number of nitrogens with zero attached hydrogens (tertiary/aromatic N) is 1. The lowest BCUT2D eigenvalue weighted by Gasteiger charge is -2.31. The third-order valence-electron chi connectivity index (χ3n) is 4.19. The van der Waals surface area contributed by atoms with E-state index in [0.29, 0.717) is 11.9 Å². The van der Waals surface area contributed by atoms with Gasteiger partial charge in [0.25, 0.3) is 0 Å². The van der Waals surface area contributed by atoms with Crippen molar-refractivity contribution in [2.45, 2.75) is 58.5 Å². The molecular formula is C17H28N2O. The average molecular weight is 276 g/mol. The number of aromatic nitrogens is 1. The fraction of sp³-hybridized carbons (Fsp3) is 0.706. The standard InChI is InChI=1S/C17H28N2O/c1-13(2)9-14-5-4-6-16(10-14)18-11-15-7-8-17(20-3)19-12-15/h7-8,12-14,16,18H,4-6,9-11H2,1-3H3. The van der Waals surface area contributed by atoms with Gasteiger partial charge >= 0.3 is 0 Å². The average Bonchev–Trinajstić information content (AvgIpc) is 2.45. The summed E-state index contributed by atoms with van der Waals surface area (Å²) in [6.07, 6.45) is 8.72. The SMILES string of the molecule is COc1ccc(CNC2CCCC(CC(C)C)C2)cn1. The van der Waals surface area contributed by atoms with Crippen molar-refractivity contribution < 1.29 is 4.74 Å². The van der Waals surface area contributed by atoms with E-state index in [1.165, 1.54) is 37.7 Å². The fourth-order valence-electron chi connectivity index (χ4n) is 3.26. The number of nitrogens with one attached hydrogen (secondary N) is 1. The van der Waals surface area contributed by atoms with Crippen LogP contribution in [0.3, 0.4) is 0 Å². The van der Waals surface area contributed by atoms with Crippen molar-refractivity contribution in [3.8, 4) is 5.88 Å². The molecule has 1 fully saturated rings. The zero-order valence-corrected chi connectivity index (χ0v) is 13.1. The summed E-state index contributed by atoms with van der Waals surface area (Å²) in [5, 5.41) is 3.70. The first-order valence-electron chi connectivity index (χ1n) is 7.89. The highest BCUT2D eigenvalue weighted by atomic mass is 16.5. The molecule has 1 aliphatic carbocycles. The van der Waals surface area contributed by atoms with Crippen molar-refractivity contribution in [1.82, 2.24) is 10.3 Å². The van der Waals surface area contributed by atoms with Gasteiger partial charge < -0.3 is 10.1 Å². The molecule has 1 aliphatic rings. The highest BCUT2D eigenvalue weighted by Gasteiger charge is 2.22. The summed E-state index contributed by atoms with van der Waals surface area (Å²) in [5.74, 6) is 2.42. The van der Waals surface area contributed by atoms with E-state index in [-0.39, 0.29) is 0 Å². The van der Waals surface area contributed by atoms with Crippen LogP contribution < -0.4 is 10.1 Å². The van der Waals surface area contributed by atoms with Gasteiger partial charge in [0.1, 0.15) is 0 Å². The number of pyridine rings is 1. The fourth-order valence-corrected chi connectivity index (χ4v) is 3.26. The molecule has 1 heterocycles. The van der Waals surface area contributed by atoms with Crippen LogP contribution in [0.1, 0.15) is 51.5 Å². The van der Waals surface area contributed by atoms with Gasteiger partial charge in [0, 0.05) is 24.8 Å². The third-order valence-corrected chi connectivity index (χ3v) is 4.19. The number of rotatable bonds is 6. The van der Waals surface area contributed by atoms with Crippen LogP contribution in [0.25, 0.3) is 0 Å². The van der Waals surface area contributed by atoms with E-state index < -0.39 is 0 Å². The van der Waals surface area contributed by atoms with E-state index in [0.717, 1.165) is 18.4 Å². The van der Waals surface area contributed by atoms with E-state index in [4.69, 9.17) is 4.74 Å². The predicted molar refractivity (Wildman–Crippen MR) is 82.8 cm³/mol. The molecule has 0 radical (unpaired) electrons. The van der Waals surface area contributed by atoms with E-state index in [9.17, 15) is 0 Å². The van der Waals surface area contributed by atoms with E-state index in [1.807, 2.05) is 12.3 Å². The molecule has 1 N–H and O–H groups in total. The molecule has 3 nitrogen and oxygen atoms in total. The van der Waals surface area contributed by atoms with Gasteiger partial charge in [-0.25, -0.2) is 4.98 Å². The second-order valence-electron chi connectivity index (χ2n) is 6.45. The summed E-state index contributed by atoms with van der Waals surface area (Å²) >= 11 is 0. The molecule has 20 heavy (non-hydrogen) atoms. The first kappa shape index (κ1) is 15.3. The smallest absolute Gasteiger partial charge is 0.212 e. The summed E-state index contributed by atoms with van der Waals surface area (Å²) in [5.41, 5.74) is 1.23. The van der Waals surface area contributed by atoms with Gasteiger partial charge in [-0.2, -0.15) is 0 Å². The van der Waals surface area contributed by atoms with E-state index in [1.54, 1.807) is 7.11 Å². The summed E-state index contributed by atoms with van der Waals surface area (Å²) < 4.78 is 5.08. The summed E-state index contributed by atoms with van der Waals surface area (Å²) in [6.45, 7) is 5.58. The highest BCUT2D eigenvalue weighted by Crippen LogP contribution is 2.29. The number of hydrogen-bond donors (Lipinski definition) is 1. The van der Waals surface area contributed by atoms with Gasteiger partial charge in [-0.15, -0.1) is 0 Å². The molecule has 0 spiro atoms. The Morgan fingerprint density at radius 1 is 1.35 bits per heavy atom. The van der Waals surface area contributed by atoms with Crippen LogP contribution in [0, 0.1) is 11.8 Å². The summed E-state index contributed by atoms with van der Waals surface area (Å²) in [4.78, 5) is 4.25. The van der Waals surface area contributed by atoms with Crippen molar-refractivity contribution in [2.24, 2.45) is 11.8 Å². The van der Waals surface area contributed by atoms with Crippen LogP contribution in [0.4, 0.5) is 0 Å². The monoisotopic (exact) mass is 276 g/mol. The Labute approximate surface area is 123 Å². The Bertz CT molecular complexity index is 388. The Balaban J connectivity index is 1.77. The van der Waals surface area contributed by atoms with Gasteiger partial charge in [0.15, 0.2) is 0 Å². The lowest BCUT2D eigenvalue weighted by Crippen LogP contribution is -2.34. The van der Waals surface area contributed by atoms with Crippen LogP contribution in [0.2, 0.25) is 0 Å². The first-order valence-corrected chi connectivity index (χ1v) is 7.89. The van der Waals surface area contributed by atoms with Crippen molar-refractivity contribution in [2.75, 3.05) is 7.11 Å². The molecule has 3 heteroatoms. The first-order chi connectivity index (χ1) is 9.67. The molecule has 0 saturated heterocycles. The maximum absolute atomic E-state index is 5.08. The van der Waals surface area contributed by atoms with Gasteiger partial charge in [-0.05, 0) is 36.7 Å². The molecule has 2 atom stereocenters. The number of hydrogen-bond acceptors (Lipinski definition) is 3. The minimum Gasteiger partial charge on any atom is -0.481 e. The normalized spacial score (nSPS) is 23.0. The molecule has 1 aromatic rings. The molecule has 0 bridgehead atoms. The predicted octanol–water partition coefficient (Wildman–Crippen LogP) is 3.78. The maximum atomic E-state index is 5.08. The topological polar surface area (TPSA) is 34.1 Å². The Morgan fingerprint density at radius 3 is 2.85 bits per heavy atom. The lowest BCUT2D eigenvalue weighted by atomic mass is 9.81. The minimum absolute atomic E-state index is 0.676. The number of ether oxygens (including phenoxy) is 1. The van der Waals surface area contributed by atoms with Crippen molar-refractivity contribution in [1.29, 1.82) is 0 Å². The van der Waals surface area contributed by atoms with Crippen LogP contribution >= 0.6 is 0 Å². The van der Waals surface area contributed by atoms with Gasteiger partial charge in [-0.3, -0.25) is 0 Å². The molecule has 0 aromatic carbocycles. The molecular weight excluding hydrogens is 248 g/mol. The maximum Gasteiger partial charge on any atom is 0.212 e. The zero-order valence-electron chi connectivity index (χ0n) is 13.1. The minimum atomic E-state index is 0.676. The number of methoxy groups -OCH3 is 1. The Morgan fingerprint density at radius 2 is 2.20 bits per heavy atom. The summed E-state index contributed by atoms with van der Waals surface area (Å²) in [7, 11) is 1.65. The molecule has 2 rings (SSSR count). The molecule has 112 valence electrons. The zero-order chi connectivity index (χ0) is 14.4. The van der Waals surface area contributed by atoms with Crippen LogP contribution in [0.5, 0.6) is 5.88 Å². The molecule has 1 aromatic heterocycles. The van der Waals surface area contributed by atoms with Gasteiger partial charge in [-0.1, -0.05) is 32.8 Å². The third kappa shape index (κ3) is 4.78. The largest absolute Gasteiger partial charge is 0.481 e.